The lowest BCUT2D eigenvalue weighted by Gasteiger charge is -2.21. The van der Waals surface area contributed by atoms with E-state index in [4.69, 9.17) is 11.6 Å². The van der Waals surface area contributed by atoms with Crippen molar-refractivity contribution in [2.24, 2.45) is 0 Å². The van der Waals surface area contributed by atoms with E-state index in [0.29, 0.717) is 39.9 Å². The van der Waals surface area contributed by atoms with Gasteiger partial charge in [-0.1, -0.05) is 53.3 Å². The van der Waals surface area contributed by atoms with Gasteiger partial charge in [-0.3, -0.25) is 19.0 Å². The number of hydrogen-bond donors (Lipinski definition) is 0. The number of thiazole rings is 1. The zero-order valence-corrected chi connectivity index (χ0v) is 22.4. The fourth-order valence-electron chi connectivity index (χ4n) is 4.53. The van der Waals surface area contributed by atoms with Crippen LogP contribution in [0.3, 0.4) is 0 Å². The molecular formula is C28H21ClN4O3S2. The second kappa shape index (κ2) is 9.83. The lowest BCUT2D eigenvalue weighted by Crippen LogP contribution is -2.31. The van der Waals surface area contributed by atoms with Crippen molar-refractivity contribution >= 4 is 59.9 Å². The molecule has 38 heavy (non-hydrogen) atoms. The smallest absolute Gasteiger partial charge is 0.264 e. The Morgan fingerprint density at radius 3 is 2.58 bits per heavy atom. The summed E-state index contributed by atoms with van der Waals surface area (Å²) < 4.78 is 29.1. The van der Waals surface area contributed by atoms with Gasteiger partial charge < -0.3 is 0 Å². The summed E-state index contributed by atoms with van der Waals surface area (Å²) in [7, 11) is -3.76. The molecule has 0 N–H and O–H groups in total. The minimum absolute atomic E-state index is 0.135. The van der Waals surface area contributed by atoms with Crippen LogP contribution in [-0.4, -0.2) is 30.8 Å². The van der Waals surface area contributed by atoms with Gasteiger partial charge >= 0.3 is 0 Å². The Labute approximate surface area is 229 Å². The van der Waals surface area contributed by atoms with Crippen molar-refractivity contribution in [3.05, 3.63) is 113 Å². The monoisotopic (exact) mass is 560 g/mol. The third-order valence-corrected chi connectivity index (χ3v) is 9.61. The van der Waals surface area contributed by atoms with Crippen molar-refractivity contribution in [2.75, 3.05) is 15.7 Å². The van der Waals surface area contributed by atoms with E-state index in [0.717, 1.165) is 15.8 Å². The molecule has 0 saturated heterocycles. The van der Waals surface area contributed by atoms with E-state index in [2.05, 4.69) is 9.97 Å². The Balaban J connectivity index is 1.33. The zero-order chi connectivity index (χ0) is 26.3. The second-order valence-corrected chi connectivity index (χ2v) is 12.1. The molecule has 190 valence electrons. The molecule has 0 spiro atoms. The first-order chi connectivity index (χ1) is 18.4. The highest BCUT2D eigenvalue weighted by atomic mass is 35.5. The van der Waals surface area contributed by atoms with E-state index in [-0.39, 0.29) is 17.3 Å². The van der Waals surface area contributed by atoms with Crippen LogP contribution in [0.2, 0.25) is 5.02 Å². The molecule has 0 fully saturated rings. The number of benzene rings is 3. The van der Waals surface area contributed by atoms with Crippen LogP contribution in [-0.2, 0) is 23.0 Å². The highest BCUT2D eigenvalue weighted by Crippen LogP contribution is 2.35. The number of amides is 1. The fourth-order valence-corrected chi connectivity index (χ4v) is 7.30. The number of rotatable bonds is 6. The van der Waals surface area contributed by atoms with Crippen molar-refractivity contribution in [2.45, 2.75) is 17.9 Å². The van der Waals surface area contributed by atoms with Crippen LogP contribution < -0.4 is 9.21 Å². The average Bonchev–Trinajstić information content (AvgIpc) is 3.58. The van der Waals surface area contributed by atoms with Gasteiger partial charge in [-0.05, 0) is 66.1 Å². The minimum atomic E-state index is -3.76. The Hall–Kier alpha value is -3.79. The van der Waals surface area contributed by atoms with Gasteiger partial charge in [0.25, 0.3) is 15.9 Å². The molecule has 0 bridgehead atoms. The normalized spacial score (nSPS) is 13.0. The summed E-state index contributed by atoms with van der Waals surface area (Å²) in [5.74, 6) is -0.306. The van der Waals surface area contributed by atoms with Gasteiger partial charge in [0.2, 0.25) is 0 Å². The predicted octanol–water partition coefficient (Wildman–Crippen LogP) is 5.94. The van der Waals surface area contributed by atoms with Gasteiger partial charge in [-0.15, -0.1) is 0 Å². The van der Waals surface area contributed by atoms with Crippen LogP contribution in [0, 0.1) is 0 Å². The van der Waals surface area contributed by atoms with Gasteiger partial charge in [0.15, 0.2) is 5.13 Å². The third kappa shape index (κ3) is 4.42. The topological polar surface area (TPSA) is 83.5 Å². The van der Waals surface area contributed by atoms with E-state index in [1.165, 1.54) is 27.8 Å². The number of halogens is 1. The van der Waals surface area contributed by atoms with Crippen LogP contribution in [0.15, 0.2) is 96.2 Å². The maximum Gasteiger partial charge on any atom is 0.264 e. The van der Waals surface area contributed by atoms with Gasteiger partial charge in [0, 0.05) is 24.5 Å². The maximum absolute atomic E-state index is 13.8. The lowest BCUT2D eigenvalue weighted by molar-refractivity contribution is 0.0985. The summed E-state index contributed by atoms with van der Waals surface area (Å²) in [5, 5.41) is 1.00. The summed E-state index contributed by atoms with van der Waals surface area (Å²) in [5.41, 5.74) is 3.51. The van der Waals surface area contributed by atoms with E-state index in [1.807, 2.05) is 48.5 Å². The highest BCUT2D eigenvalue weighted by molar-refractivity contribution is 7.92. The van der Waals surface area contributed by atoms with Gasteiger partial charge in [0.05, 0.1) is 26.9 Å². The molecule has 1 aliphatic heterocycles. The lowest BCUT2D eigenvalue weighted by atomic mass is 10.2. The van der Waals surface area contributed by atoms with Crippen LogP contribution in [0.4, 0.5) is 10.8 Å². The molecule has 0 saturated carbocycles. The van der Waals surface area contributed by atoms with E-state index >= 15 is 0 Å². The van der Waals surface area contributed by atoms with Crippen LogP contribution in [0.5, 0.6) is 0 Å². The molecular weight excluding hydrogens is 540 g/mol. The molecule has 2 aromatic heterocycles. The largest absolute Gasteiger partial charge is 0.279 e. The van der Waals surface area contributed by atoms with Crippen LogP contribution in [0.1, 0.15) is 21.5 Å². The second-order valence-electron chi connectivity index (χ2n) is 8.82. The number of para-hydroxylation sites is 2. The Morgan fingerprint density at radius 1 is 1.00 bits per heavy atom. The van der Waals surface area contributed by atoms with Crippen molar-refractivity contribution < 1.29 is 13.2 Å². The summed E-state index contributed by atoms with van der Waals surface area (Å²) in [4.78, 5) is 24.3. The number of carbonyl (C=O) groups excluding carboxylic acids is 1. The van der Waals surface area contributed by atoms with Crippen molar-refractivity contribution in [3.63, 3.8) is 0 Å². The molecule has 1 aliphatic rings. The fraction of sp³-hybridized carbons (Fsp3) is 0.107. The molecule has 3 aromatic carbocycles. The number of anilines is 2. The molecule has 3 heterocycles. The summed E-state index contributed by atoms with van der Waals surface area (Å²) in [6.07, 6.45) is 4.04. The van der Waals surface area contributed by atoms with Crippen molar-refractivity contribution in [1.29, 1.82) is 0 Å². The Kier molecular flexibility index (Phi) is 6.35. The summed E-state index contributed by atoms with van der Waals surface area (Å²) in [6, 6.07) is 22.8. The first kappa shape index (κ1) is 24.5. The first-order valence-electron chi connectivity index (χ1n) is 11.9. The minimum Gasteiger partial charge on any atom is -0.279 e. The number of carbonyl (C=O) groups is 1. The molecule has 1 amide bonds. The molecule has 7 nitrogen and oxygen atoms in total. The van der Waals surface area contributed by atoms with Gasteiger partial charge in [-0.25, -0.2) is 13.4 Å². The van der Waals surface area contributed by atoms with E-state index in [9.17, 15) is 13.2 Å². The Bertz CT molecular complexity index is 1760. The molecule has 6 rings (SSSR count). The Morgan fingerprint density at radius 2 is 1.82 bits per heavy atom. The van der Waals surface area contributed by atoms with E-state index < -0.39 is 10.0 Å². The van der Waals surface area contributed by atoms with Crippen molar-refractivity contribution in [1.82, 2.24) is 9.97 Å². The van der Waals surface area contributed by atoms with Gasteiger partial charge in [-0.2, -0.15) is 0 Å². The maximum atomic E-state index is 13.8. The number of hydrogen-bond acceptors (Lipinski definition) is 6. The summed E-state index contributed by atoms with van der Waals surface area (Å²) >= 11 is 7.71. The SMILES string of the molecule is O=C(c1ccc(S(=O)(=O)N2CCc3ccccc32)cc1)N(Cc1cccnc1)c1nc2c(Cl)cccc2s1. The number of pyridine rings is 1. The number of aromatic nitrogens is 2. The van der Waals surface area contributed by atoms with Crippen LogP contribution in [0.25, 0.3) is 10.2 Å². The molecule has 0 aliphatic carbocycles. The van der Waals surface area contributed by atoms with E-state index in [1.54, 1.807) is 35.5 Å². The number of fused-ring (bicyclic) bond motifs is 2. The number of sulfonamides is 1. The van der Waals surface area contributed by atoms with Crippen molar-refractivity contribution in [3.8, 4) is 0 Å². The summed E-state index contributed by atoms with van der Waals surface area (Å²) in [6.45, 7) is 0.635. The zero-order valence-electron chi connectivity index (χ0n) is 20.0. The van der Waals surface area contributed by atoms with Crippen LogP contribution >= 0.6 is 22.9 Å². The highest BCUT2D eigenvalue weighted by Gasteiger charge is 2.31. The molecule has 5 aromatic rings. The quantitative estimate of drug-likeness (QED) is 0.256. The average molecular weight is 561 g/mol. The third-order valence-electron chi connectivity index (χ3n) is 6.43. The molecule has 0 unspecified atom stereocenters. The predicted molar refractivity (Wildman–Crippen MR) is 151 cm³/mol. The molecule has 10 heteroatoms. The number of nitrogens with zero attached hydrogens (tertiary/aromatic N) is 4. The first-order valence-corrected chi connectivity index (χ1v) is 14.5. The van der Waals surface area contributed by atoms with Gasteiger partial charge in [0.1, 0.15) is 5.52 Å². The molecule has 0 radical (unpaired) electrons. The molecule has 0 atom stereocenters. The standard InChI is InChI=1S/C28H21ClN4O3S2/c29-23-7-3-9-25-26(23)31-28(37-25)32(18-19-5-4-15-30-17-19)27(34)21-10-12-22(13-11-21)38(35,36)33-16-14-20-6-1-2-8-24(20)33/h1-13,15,17H,14,16,18H2.